The average molecular weight is 241 g/mol. The molecule has 0 radical (unpaired) electrons. The summed E-state index contributed by atoms with van der Waals surface area (Å²) in [6.45, 7) is 0.822. The largest absolute Gasteiger partial charge is 0.356 e. The number of carbonyl (C=O) groups is 1. The van der Waals surface area contributed by atoms with E-state index in [4.69, 9.17) is 5.73 Å². The second kappa shape index (κ2) is 4.67. The Labute approximate surface area is 97.4 Å². The second-order valence-electron chi connectivity index (χ2n) is 3.88. The lowest BCUT2D eigenvalue weighted by Gasteiger charge is -2.29. The van der Waals surface area contributed by atoms with E-state index in [0.717, 1.165) is 0 Å². The molecule has 1 aliphatic rings. The molecule has 0 saturated carbocycles. The smallest absolute Gasteiger partial charge is 0.239 e. The van der Waals surface area contributed by atoms with Crippen molar-refractivity contribution in [1.82, 2.24) is 5.32 Å². The molecule has 1 fully saturated rings. The molecule has 1 heterocycles. The number of rotatable bonds is 2. The molecule has 6 heteroatoms. The normalized spacial score (nSPS) is 15.9. The molecule has 0 bridgehead atoms. The predicted octanol–water partition coefficient (Wildman–Crippen LogP) is 0.360. The van der Waals surface area contributed by atoms with Gasteiger partial charge in [-0.15, -0.1) is 0 Å². The number of halogens is 2. The van der Waals surface area contributed by atoms with Gasteiger partial charge in [0.25, 0.3) is 0 Å². The highest BCUT2D eigenvalue weighted by molar-refractivity contribution is 5.82. The fourth-order valence-corrected chi connectivity index (χ4v) is 1.87. The molecule has 1 aromatic rings. The van der Waals surface area contributed by atoms with Gasteiger partial charge >= 0.3 is 0 Å². The molecular formula is C11H13F2N3O. The SMILES string of the molecule is NCc1cc(F)c(N2CCNC(=O)C2)c(F)c1. The summed E-state index contributed by atoms with van der Waals surface area (Å²) < 4.78 is 27.5. The van der Waals surface area contributed by atoms with Crippen molar-refractivity contribution in [1.29, 1.82) is 0 Å². The van der Waals surface area contributed by atoms with E-state index >= 15 is 0 Å². The number of nitrogens with one attached hydrogen (secondary N) is 1. The van der Waals surface area contributed by atoms with Gasteiger partial charge in [0.05, 0.1) is 6.54 Å². The first-order valence-electron chi connectivity index (χ1n) is 5.31. The van der Waals surface area contributed by atoms with E-state index < -0.39 is 11.6 Å². The van der Waals surface area contributed by atoms with Crippen LogP contribution in [0.3, 0.4) is 0 Å². The van der Waals surface area contributed by atoms with Crippen LogP contribution in [0, 0.1) is 11.6 Å². The molecule has 1 amide bonds. The zero-order chi connectivity index (χ0) is 12.4. The van der Waals surface area contributed by atoms with Crippen molar-refractivity contribution in [3.8, 4) is 0 Å². The maximum absolute atomic E-state index is 13.7. The van der Waals surface area contributed by atoms with Crippen LogP contribution in [0.1, 0.15) is 5.56 Å². The minimum absolute atomic E-state index is 0.0319. The minimum Gasteiger partial charge on any atom is -0.356 e. The number of hydrogen-bond donors (Lipinski definition) is 2. The number of carbonyl (C=O) groups excluding carboxylic acids is 1. The van der Waals surface area contributed by atoms with Crippen LogP contribution in [0.2, 0.25) is 0 Å². The molecule has 1 saturated heterocycles. The van der Waals surface area contributed by atoms with Crippen molar-refractivity contribution in [2.45, 2.75) is 6.54 Å². The highest BCUT2D eigenvalue weighted by Gasteiger charge is 2.22. The summed E-state index contributed by atoms with van der Waals surface area (Å²) >= 11 is 0. The van der Waals surface area contributed by atoms with Gasteiger partial charge in [0.2, 0.25) is 5.91 Å². The van der Waals surface area contributed by atoms with Crippen LogP contribution >= 0.6 is 0 Å². The fourth-order valence-electron chi connectivity index (χ4n) is 1.87. The maximum Gasteiger partial charge on any atom is 0.239 e. The summed E-state index contributed by atoms with van der Waals surface area (Å²) in [7, 11) is 0. The van der Waals surface area contributed by atoms with Crippen LogP contribution in [-0.2, 0) is 11.3 Å². The van der Waals surface area contributed by atoms with Crippen molar-refractivity contribution in [3.05, 3.63) is 29.3 Å². The summed E-state index contributed by atoms with van der Waals surface area (Å²) in [5.41, 5.74) is 5.57. The van der Waals surface area contributed by atoms with Crippen LogP contribution in [-0.4, -0.2) is 25.5 Å². The number of benzene rings is 1. The molecule has 0 aliphatic carbocycles. The van der Waals surface area contributed by atoms with Crippen molar-refractivity contribution in [2.75, 3.05) is 24.5 Å². The lowest BCUT2D eigenvalue weighted by molar-refractivity contribution is -0.120. The van der Waals surface area contributed by atoms with Crippen LogP contribution in [0.15, 0.2) is 12.1 Å². The minimum atomic E-state index is -0.680. The lowest BCUT2D eigenvalue weighted by atomic mass is 10.1. The molecule has 1 aromatic carbocycles. The number of nitrogens with zero attached hydrogens (tertiary/aromatic N) is 1. The summed E-state index contributed by atoms with van der Waals surface area (Å²) in [6, 6.07) is 2.40. The van der Waals surface area contributed by atoms with E-state index in [1.807, 2.05) is 0 Å². The Hall–Kier alpha value is -1.69. The molecule has 3 N–H and O–H groups in total. The molecule has 0 spiro atoms. The highest BCUT2D eigenvalue weighted by atomic mass is 19.1. The molecule has 0 atom stereocenters. The average Bonchev–Trinajstić information content (AvgIpc) is 2.28. The van der Waals surface area contributed by atoms with E-state index in [1.54, 1.807) is 0 Å². The second-order valence-corrected chi connectivity index (χ2v) is 3.88. The van der Waals surface area contributed by atoms with Crippen molar-refractivity contribution in [3.63, 3.8) is 0 Å². The van der Waals surface area contributed by atoms with Crippen LogP contribution < -0.4 is 16.0 Å². The Balaban J connectivity index is 2.34. The number of anilines is 1. The molecular weight excluding hydrogens is 228 g/mol. The monoisotopic (exact) mass is 241 g/mol. The molecule has 17 heavy (non-hydrogen) atoms. The van der Waals surface area contributed by atoms with Gasteiger partial charge in [-0.1, -0.05) is 0 Å². The third-order valence-corrected chi connectivity index (χ3v) is 2.67. The van der Waals surface area contributed by atoms with E-state index in [-0.39, 0.29) is 24.7 Å². The van der Waals surface area contributed by atoms with Gasteiger partial charge in [-0.3, -0.25) is 4.79 Å². The number of piperazine rings is 1. The maximum atomic E-state index is 13.7. The van der Waals surface area contributed by atoms with E-state index in [2.05, 4.69) is 5.32 Å². The van der Waals surface area contributed by atoms with E-state index in [1.165, 1.54) is 17.0 Å². The summed E-state index contributed by atoms with van der Waals surface area (Å²) in [5.74, 6) is -1.60. The summed E-state index contributed by atoms with van der Waals surface area (Å²) in [6.07, 6.45) is 0. The van der Waals surface area contributed by atoms with Crippen molar-refractivity contribution >= 4 is 11.6 Å². The molecule has 4 nitrogen and oxygen atoms in total. The molecule has 1 aliphatic heterocycles. The molecule has 0 unspecified atom stereocenters. The third kappa shape index (κ3) is 2.36. The van der Waals surface area contributed by atoms with Crippen LogP contribution in [0.25, 0.3) is 0 Å². The highest BCUT2D eigenvalue weighted by Crippen LogP contribution is 2.25. The predicted molar refractivity (Wildman–Crippen MR) is 59.5 cm³/mol. The van der Waals surface area contributed by atoms with Gasteiger partial charge < -0.3 is 16.0 Å². The fraction of sp³-hybridized carbons (Fsp3) is 0.364. The van der Waals surface area contributed by atoms with Crippen LogP contribution in [0.5, 0.6) is 0 Å². The zero-order valence-corrected chi connectivity index (χ0v) is 9.17. The standard InChI is InChI=1S/C11H13F2N3O/c12-8-3-7(5-14)4-9(13)11(8)16-2-1-15-10(17)6-16/h3-4H,1-2,5-6,14H2,(H,15,17). The quantitative estimate of drug-likeness (QED) is 0.786. The van der Waals surface area contributed by atoms with E-state index in [0.29, 0.717) is 18.7 Å². The van der Waals surface area contributed by atoms with Gasteiger partial charge in [0.1, 0.15) is 17.3 Å². The number of amides is 1. The van der Waals surface area contributed by atoms with Crippen LogP contribution in [0.4, 0.5) is 14.5 Å². The molecule has 0 aromatic heterocycles. The molecule has 92 valence electrons. The van der Waals surface area contributed by atoms with Gasteiger partial charge in [-0.25, -0.2) is 8.78 Å². The first-order valence-corrected chi connectivity index (χ1v) is 5.31. The lowest BCUT2D eigenvalue weighted by Crippen LogP contribution is -2.48. The van der Waals surface area contributed by atoms with E-state index in [9.17, 15) is 13.6 Å². The topological polar surface area (TPSA) is 58.4 Å². The van der Waals surface area contributed by atoms with Crippen molar-refractivity contribution in [2.24, 2.45) is 5.73 Å². The Morgan fingerprint density at radius 2 is 2.00 bits per heavy atom. The molecule has 2 rings (SSSR count). The summed E-state index contributed by atoms with van der Waals surface area (Å²) in [5, 5.41) is 2.60. The third-order valence-electron chi connectivity index (χ3n) is 2.67. The van der Waals surface area contributed by atoms with Gasteiger partial charge in [0, 0.05) is 19.6 Å². The van der Waals surface area contributed by atoms with Crippen molar-refractivity contribution < 1.29 is 13.6 Å². The summed E-state index contributed by atoms with van der Waals surface area (Å²) in [4.78, 5) is 12.6. The first kappa shape index (κ1) is 11.8. The Bertz CT molecular complexity index is 427. The number of nitrogens with two attached hydrogens (primary N) is 1. The van der Waals surface area contributed by atoms with Gasteiger partial charge in [-0.2, -0.15) is 0 Å². The van der Waals surface area contributed by atoms with Gasteiger partial charge in [-0.05, 0) is 17.7 Å². The first-order chi connectivity index (χ1) is 8.11. The van der Waals surface area contributed by atoms with Gasteiger partial charge in [0.15, 0.2) is 0 Å². The number of hydrogen-bond acceptors (Lipinski definition) is 3. The zero-order valence-electron chi connectivity index (χ0n) is 9.17. The Morgan fingerprint density at radius 1 is 1.35 bits per heavy atom. The Morgan fingerprint density at radius 3 is 2.53 bits per heavy atom. The Kier molecular flexibility index (Phi) is 3.23.